The SMILES string of the molecule is COCCOCCOC(=O)NC(C(=O)CC1Cc2cnc(o2)CNC(=O)C1=O)C(C)C. The van der Waals surface area contributed by atoms with E-state index in [0.29, 0.717) is 24.9 Å². The van der Waals surface area contributed by atoms with Crippen LogP contribution >= 0.6 is 0 Å². The van der Waals surface area contributed by atoms with E-state index in [9.17, 15) is 19.2 Å². The van der Waals surface area contributed by atoms with E-state index in [4.69, 9.17) is 18.6 Å². The zero-order valence-corrected chi connectivity index (χ0v) is 18.0. The van der Waals surface area contributed by atoms with Crippen molar-refractivity contribution in [2.75, 3.05) is 33.5 Å². The molecule has 1 aromatic rings. The Balaban J connectivity index is 1.93. The highest BCUT2D eigenvalue weighted by Crippen LogP contribution is 2.19. The number of rotatable bonds is 11. The number of hydrogen-bond donors (Lipinski definition) is 2. The molecule has 1 aromatic heterocycles. The minimum Gasteiger partial charge on any atom is -0.447 e. The largest absolute Gasteiger partial charge is 0.447 e. The second-order valence-electron chi connectivity index (χ2n) is 7.45. The van der Waals surface area contributed by atoms with Crippen molar-refractivity contribution in [2.45, 2.75) is 39.3 Å². The summed E-state index contributed by atoms with van der Waals surface area (Å²) in [6.45, 7) is 4.55. The maximum atomic E-state index is 12.9. The Bertz CT molecular complexity index is 776. The van der Waals surface area contributed by atoms with E-state index in [-0.39, 0.29) is 44.3 Å². The molecule has 0 saturated heterocycles. The van der Waals surface area contributed by atoms with Gasteiger partial charge in [0.2, 0.25) is 11.7 Å². The van der Waals surface area contributed by atoms with E-state index in [1.165, 1.54) is 6.20 Å². The lowest BCUT2D eigenvalue weighted by Crippen LogP contribution is -2.46. The van der Waals surface area contributed by atoms with Crippen LogP contribution in [0.1, 0.15) is 31.9 Å². The third-order valence-corrected chi connectivity index (χ3v) is 4.67. The van der Waals surface area contributed by atoms with Gasteiger partial charge >= 0.3 is 6.09 Å². The van der Waals surface area contributed by atoms with Crippen LogP contribution in [0.25, 0.3) is 0 Å². The Morgan fingerprint density at radius 1 is 1.26 bits per heavy atom. The van der Waals surface area contributed by atoms with Crippen molar-refractivity contribution in [2.24, 2.45) is 11.8 Å². The number of carbonyl (C=O) groups excluding carboxylic acids is 4. The van der Waals surface area contributed by atoms with E-state index < -0.39 is 29.7 Å². The first-order valence-corrected chi connectivity index (χ1v) is 10.1. The van der Waals surface area contributed by atoms with Crippen molar-refractivity contribution < 1.29 is 37.8 Å². The molecule has 2 amide bonds. The molecule has 0 spiro atoms. The molecule has 0 aromatic carbocycles. The topological polar surface area (TPSA) is 146 Å². The number of aromatic nitrogens is 1. The van der Waals surface area contributed by atoms with Crippen LogP contribution in [-0.2, 0) is 41.6 Å². The first-order valence-electron chi connectivity index (χ1n) is 10.1. The zero-order valence-electron chi connectivity index (χ0n) is 18.0. The summed E-state index contributed by atoms with van der Waals surface area (Å²) < 4.78 is 20.5. The van der Waals surface area contributed by atoms with Crippen LogP contribution in [0.3, 0.4) is 0 Å². The van der Waals surface area contributed by atoms with Crippen LogP contribution in [0.2, 0.25) is 0 Å². The van der Waals surface area contributed by atoms with Crippen molar-refractivity contribution in [3.8, 4) is 0 Å². The summed E-state index contributed by atoms with van der Waals surface area (Å²) in [5, 5.41) is 4.97. The number of ether oxygens (including phenoxy) is 3. The Morgan fingerprint density at radius 2 is 2.00 bits per heavy atom. The van der Waals surface area contributed by atoms with Crippen molar-refractivity contribution >= 4 is 23.6 Å². The normalized spacial score (nSPS) is 17.4. The summed E-state index contributed by atoms with van der Waals surface area (Å²) in [5.74, 6) is -2.34. The van der Waals surface area contributed by atoms with Gasteiger partial charge in [-0.1, -0.05) is 13.8 Å². The first-order chi connectivity index (χ1) is 14.8. The molecule has 11 heteroatoms. The number of nitrogens with one attached hydrogen (secondary N) is 2. The molecular formula is C20H29N3O8. The minimum absolute atomic E-state index is 0.00242. The highest BCUT2D eigenvalue weighted by atomic mass is 16.6. The van der Waals surface area contributed by atoms with Gasteiger partial charge in [-0.3, -0.25) is 14.4 Å². The van der Waals surface area contributed by atoms with Gasteiger partial charge in [0, 0.05) is 25.9 Å². The lowest BCUT2D eigenvalue weighted by atomic mass is 9.87. The highest BCUT2D eigenvalue weighted by Gasteiger charge is 2.34. The molecule has 2 N–H and O–H groups in total. The predicted octanol–water partition coefficient (Wildman–Crippen LogP) is 0.405. The number of carbonyl (C=O) groups is 4. The van der Waals surface area contributed by atoms with Gasteiger partial charge in [-0.05, 0) is 5.92 Å². The monoisotopic (exact) mass is 439 g/mol. The molecule has 2 unspecified atom stereocenters. The molecule has 0 radical (unpaired) electrons. The van der Waals surface area contributed by atoms with Gasteiger partial charge < -0.3 is 29.3 Å². The number of fused-ring (bicyclic) bond motifs is 2. The lowest BCUT2D eigenvalue weighted by molar-refractivity contribution is -0.141. The van der Waals surface area contributed by atoms with Gasteiger partial charge in [-0.15, -0.1) is 0 Å². The maximum Gasteiger partial charge on any atom is 0.407 e. The quantitative estimate of drug-likeness (QED) is 0.369. The van der Waals surface area contributed by atoms with Gasteiger partial charge in [0.1, 0.15) is 12.4 Å². The number of hydrogen-bond acceptors (Lipinski definition) is 9. The Hall–Kier alpha value is -2.79. The zero-order chi connectivity index (χ0) is 22.8. The Kier molecular flexibility index (Phi) is 9.60. The number of Topliss-reactive ketones (excluding diaryl/α,β-unsaturated/α-hetero) is 2. The van der Waals surface area contributed by atoms with Crippen molar-refractivity contribution in [1.29, 1.82) is 0 Å². The van der Waals surface area contributed by atoms with E-state index >= 15 is 0 Å². The number of nitrogens with zero attached hydrogens (tertiary/aromatic N) is 1. The van der Waals surface area contributed by atoms with Crippen LogP contribution in [0, 0.1) is 11.8 Å². The average molecular weight is 439 g/mol. The summed E-state index contributed by atoms with van der Waals surface area (Å²) in [6, 6.07) is -0.879. The molecule has 0 saturated carbocycles. The van der Waals surface area contributed by atoms with Crippen LogP contribution in [0.15, 0.2) is 10.6 Å². The van der Waals surface area contributed by atoms with Gasteiger partial charge in [0.25, 0.3) is 5.91 Å². The number of methoxy groups -OCH3 is 1. The number of ketones is 2. The smallest absolute Gasteiger partial charge is 0.407 e. The fraction of sp³-hybridized carbons (Fsp3) is 0.650. The van der Waals surface area contributed by atoms with Crippen molar-refractivity contribution in [1.82, 2.24) is 15.6 Å². The van der Waals surface area contributed by atoms with Gasteiger partial charge in [0.05, 0.1) is 38.6 Å². The summed E-state index contributed by atoms with van der Waals surface area (Å²) in [7, 11) is 1.55. The van der Waals surface area contributed by atoms with E-state index in [2.05, 4.69) is 15.6 Å². The summed E-state index contributed by atoms with van der Waals surface area (Å²) in [5.41, 5.74) is 0. The van der Waals surface area contributed by atoms with Crippen LogP contribution < -0.4 is 10.6 Å². The van der Waals surface area contributed by atoms with Crippen LogP contribution in [0.4, 0.5) is 4.79 Å². The maximum absolute atomic E-state index is 12.9. The van der Waals surface area contributed by atoms with Crippen molar-refractivity contribution in [3.05, 3.63) is 17.8 Å². The van der Waals surface area contributed by atoms with Gasteiger partial charge in [0.15, 0.2) is 5.78 Å². The van der Waals surface area contributed by atoms with E-state index in [0.717, 1.165) is 0 Å². The van der Waals surface area contributed by atoms with Crippen molar-refractivity contribution in [3.63, 3.8) is 0 Å². The summed E-state index contributed by atoms with van der Waals surface area (Å²) in [6.07, 6.45) is 0.549. The highest BCUT2D eigenvalue weighted by molar-refractivity contribution is 6.37. The van der Waals surface area contributed by atoms with Gasteiger partial charge in [-0.25, -0.2) is 9.78 Å². The molecule has 11 nitrogen and oxygen atoms in total. The molecular weight excluding hydrogens is 410 g/mol. The summed E-state index contributed by atoms with van der Waals surface area (Å²) >= 11 is 0. The molecule has 1 aliphatic heterocycles. The molecule has 172 valence electrons. The standard InChI is InChI=1S/C20H29N3O8/c1-12(2)17(23-20(27)30-7-6-29-5-4-28-3)15(24)9-13-8-14-10-21-16(31-14)11-22-19(26)18(13)25/h10,12-13,17H,4-9,11H2,1-3H3,(H,22,26)(H,23,27). The van der Waals surface area contributed by atoms with Crippen LogP contribution in [0.5, 0.6) is 0 Å². The molecule has 2 bridgehead atoms. The second kappa shape index (κ2) is 12.2. The van der Waals surface area contributed by atoms with Gasteiger partial charge in [-0.2, -0.15) is 0 Å². The third kappa shape index (κ3) is 7.76. The number of amides is 2. The fourth-order valence-electron chi connectivity index (χ4n) is 3.05. The molecule has 1 aliphatic rings. The molecule has 2 rings (SSSR count). The average Bonchev–Trinajstić information content (AvgIpc) is 3.19. The number of alkyl carbamates (subject to hydrolysis) is 1. The predicted molar refractivity (Wildman–Crippen MR) is 106 cm³/mol. The van der Waals surface area contributed by atoms with Crippen LogP contribution in [-0.4, -0.2) is 68.1 Å². The summed E-state index contributed by atoms with van der Waals surface area (Å²) in [4.78, 5) is 53.6. The number of oxazole rings is 1. The van der Waals surface area contributed by atoms with E-state index in [1.54, 1.807) is 21.0 Å². The molecule has 2 heterocycles. The second-order valence-corrected chi connectivity index (χ2v) is 7.45. The first kappa shape index (κ1) is 24.5. The fourth-order valence-corrected chi connectivity index (χ4v) is 3.05. The lowest BCUT2D eigenvalue weighted by Gasteiger charge is -2.23. The molecule has 2 atom stereocenters. The molecule has 0 aliphatic carbocycles. The van der Waals surface area contributed by atoms with E-state index in [1.807, 2.05) is 0 Å². The minimum atomic E-state index is -0.917. The molecule has 31 heavy (non-hydrogen) atoms. The Labute approximate surface area is 180 Å². The Morgan fingerprint density at radius 3 is 2.71 bits per heavy atom. The third-order valence-electron chi connectivity index (χ3n) is 4.67. The molecule has 0 fully saturated rings.